The highest BCUT2D eigenvalue weighted by atomic mass is 16.2. The van der Waals surface area contributed by atoms with Gasteiger partial charge in [0.1, 0.15) is 13.7 Å². The van der Waals surface area contributed by atoms with E-state index >= 15 is 0 Å². The van der Waals surface area contributed by atoms with Crippen molar-refractivity contribution in [3.63, 3.8) is 0 Å². The summed E-state index contributed by atoms with van der Waals surface area (Å²) < 4.78 is 4.06. The molecule has 1 aromatic carbocycles. The molecular formula is C18H17BN4O2. The zero-order chi connectivity index (χ0) is 18.1. The van der Waals surface area contributed by atoms with Crippen molar-refractivity contribution in [2.45, 2.75) is 6.54 Å². The zero-order valence-electron chi connectivity index (χ0n) is 14.4. The van der Waals surface area contributed by atoms with Crippen LogP contribution in [0.25, 0.3) is 23.3 Å². The van der Waals surface area contributed by atoms with Crippen molar-refractivity contribution in [2.24, 2.45) is 14.1 Å². The summed E-state index contributed by atoms with van der Waals surface area (Å²) in [6.45, 7) is -0.0684. The predicted molar refractivity (Wildman–Crippen MR) is 103 cm³/mol. The van der Waals surface area contributed by atoms with E-state index < -0.39 is 11.2 Å². The number of benzene rings is 1. The van der Waals surface area contributed by atoms with Crippen molar-refractivity contribution in [1.29, 1.82) is 0 Å². The van der Waals surface area contributed by atoms with Gasteiger partial charge in [-0.3, -0.25) is 9.36 Å². The number of hydrogen-bond acceptors (Lipinski definition) is 3. The van der Waals surface area contributed by atoms with E-state index in [0.29, 0.717) is 17.0 Å². The Bertz CT molecular complexity index is 1160. The predicted octanol–water partition coefficient (Wildman–Crippen LogP) is -0.504. The summed E-state index contributed by atoms with van der Waals surface area (Å²) in [5.74, 6) is 2.93. The van der Waals surface area contributed by atoms with E-state index in [-0.39, 0.29) is 6.54 Å². The van der Waals surface area contributed by atoms with Crippen LogP contribution >= 0.6 is 0 Å². The Labute approximate surface area is 145 Å². The van der Waals surface area contributed by atoms with Gasteiger partial charge in [0.15, 0.2) is 11.2 Å². The number of nitrogens with zero attached hydrogens (tertiary/aromatic N) is 4. The second-order valence-corrected chi connectivity index (χ2v) is 5.89. The van der Waals surface area contributed by atoms with Crippen LogP contribution in [0.4, 0.5) is 0 Å². The SMILES string of the molecule is Bc1cccc(/C=C/c2nc3c(c(=O)n(CC#C)c(=O)n3C)n2C)c1. The molecule has 124 valence electrons. The van der Waals surface area contributed by atoms with Crippen LogP contribution in [-0.2, 0) is 20.6 Å². The van der Waals surface area contributed by atoms with Crippen LogP contribution in [-0.4, -0.2) is 26.5 Å². The van der Waals surface area contributed by atoms with Crippen LogP contribution in [0.2, 0.25) is 0 Å². The smallest absolute Gasteiger partial charge is 0.322 e. The number of hydrogen-bond donors (Lipinski definition) is 0. The molecule has 7 heteroatoms. The normalized spacial score (nSPS) is 11.2. The largest absolute Gasteiger partial charge is 0.333 e. The molecule has 25 heavy (non-hydrogen) atoms. The average molecular weight is 332 g/mol. The number of imidazole rings is 1. The van der Waals surface area contributed by atoms with Crippen molar-refractivity contribution in [2.75, 3.05) is 0 Å². The molecule has 0 aliphatic rings. The fourth-order valence-electron chi connectivity index (χ4n) is 2.78. The monoisotopic (exact) mass is 332 g/mol. The highest BCUT2D eigenvalue weighted by Gasteiger charge is 2.16. The van der Waals surface area contributed by atoms with Gasteiger partial charge in [-0.05, 0) is 11.6 Å². The first-order valence-electron chi connectivity index (χ1n) is 7.78. The third-order valence-corrected chi connectivity index (χ3v) is 4.11. The Balaban J connectivity index is 2.19. The summed E-state index contributed by atoms with van der Waals surface area (Å²) >= 11 is 0. The molecule has 0 amide bonds. The minimum atomic E-state index is -0.470. The van der Waals surface area contributed by atoms with Gasteiger partial charge in [-0.2, -0.15) is 0 Å². The molecule has 2 aromatic heterocycles. The summed E-state index contributed by atoms with van der Waals surface area (Å²) in [5.41, 5.74) is 1.98. The molecule has 0 saturated carbocycles. The van der Waals surface area contributed by atoms with Crippen LogP contribution < -0.4 is 16.7 Å². The summed E-state index contributed by atoms with van der Waals surface area (Å²) in [4.78, 5) is 29.4. The molecule has 2 heterocycles. The average Bonchev–Trinajstić information content (AvgIpc) is 2.92. The molecule has 0 saturated heterocycles. The third kappa shape index (κ3) is 2.83. The molecule has 0 fully saturated rings. The fraction of sp³-hybridized carbons (Fsp3) is 0.167. The summed E-state index contributed by atoms with van der Waals surface area (Å²) in [5, 5.41) is 0. The highest BCUT2D eigenvalue weighted by molar-refractivity contribution is 6.32. The maximum absolute atomic E-state index is 12.6. The van der Waals surface area contributed by atoms with Crippen molar-refractivity contribution in [3.8, 4) is 12.3 Å². The summed E-state index contributed by atoms with van der Waals surface area (Å²) in [6.07, 6.45) is 9.02. The highest BCUT2D eigenvalue weighted by Crippen LogP contribution is 2.12. The van der Waals surface area contributed by atoms with Gasteiger partial charge in [0.2, 0.25) is 0 Å². The van der Waals surface area contributed by atoms with Gasteiger partial charge in [-0.25, -0.2) is 14.3 Å². The number of fused-ring (bicyclic) bond motifs is 1. The van der Waals surface area contributed by atoms with Crippen LogP contribution in [0.5, 0.6) is 0 Å². The number of aryl methyl sites for hydroxylation is 2. The molecule has 0 spiro atoms. The van der Waals surface area contributed by atoms with E-state index in [1.54, 1.807) is 18.7 Å². The standard InChI is InChI=1S/C18H17BN4O2/c1-4-10-23-17(24)15-16(22(3)18(23)25)20-14(21(15)2)9-8-12-6-5-7-13(19)11-12/h1,5-9,11H,10,19H2,2-3H3/b9-8+. The topological polar surface area (TPSA) is 61.8 Å². The molecular weight excluding hydrogens is 315 g/mol. The van der Waals surface area contributed by atoms with Crippen LogP contribution in [0, 0.1) is 12.3 Å². The van der Waals surface area contributed by atoms with E-state index in [9.17, 15) is 9.59 Å². The Morgan fingerprint density at radius 1 is 1.24 bits per heavy atom. The molecule has 0 radical (unpaired) electrons. The first kappa shape index (κ1) is 16.6. The first-order chi connectivity index (χ1) is 11.9. The Kier molecular flexibility index (Phi) is 4.20. The molecule has 0 atom stereocenters. The van der Waals surface area contributed by atoms with E-state index in [1.807, 2.05) is 38.2 Å². The van der Waals surface area contributed by atoms with E-state index in [1.165, 1.54) is 4.57 Å². The molecule has 0 aliphatic carbocycles. The minimum Gasteiger partial charge on any atom is -0.322 e. The lowest BCUT2D eigenvalue weighted by Crippen LogP contribution is -2.39. The molecule has 6 nitrogen and oxygen atoms in total. The lowest BCUT2D eigenvalue weighted by Gasteiger charge is -2.05. The van der Waals surface area contributed by atoms with Crippen molar-refractivity contribution in [1.82, 2.24) is 18.7 Å². The van der Waals surface area contributed by atoms with Gasteiger partial charge >= 0.3 is 5.69 Å². The van der Waals surface area contributed by atoms with Gasteiger partial charge in [0.25, 0.3) is 5.56 Å². The van der Waals surface area contributed by atoms with Crippen LogP contribution in [0.3, 0.4) is 0 Å². The third-order valence-electron chi connectivity index (χ3n) is 4.11. The molecule has 0 aliphatic heterocycles. The van der Waals surface area contributed by atoms with Gasteiger partial charge in [0, 0.05) is 14.1 Å². The fourth-order valence-corrected chi connectivity index (χ4v) is 2.78. The van der Waals surface area contributed by atoms with Crippen molar-refractivity contribution >= 4 is 36.6 Å². The Hall–Kier alpha value is -3.27. The molecule has 3 rings (SSSR count). The van der Waals surface area contributed by atoms with Crippen LogP contribution in [0.1, 0.15) is 11.4 Å². The van der Waals surface area contributed by atoms with Crippen molar-refractivity contribution < 1.29 is 0 Å². The molecule has 0 bridgehead atoms. The number of terminal acetylenes is 1. The maximum atomic E-state index is 12.6. The van der Waals surface area contributed by atoms with Gasteiger partial charge in [-0.1, -0.05) is 41.7 Å². The first-order valence-corrected chi connectivity index (χ1v) is 7.78. The zero-order valence-corrected chi connectivity index (χ0v) is 14.4. The van der Waals surface area contributed by atoms with Crippen molar-refractivity contribution in [3.05, 3.63) is 56.5 Å². The second-order valence-electron chi connectivity index (χ2n) is 5.89. The minimum absolute atomic E-state index is 0.0684. The molecule has 0 unspecified atom stereocenters. The Morgan fingerprint density at radius 2 is 2.00 bits per heavy atom. The number of aromatic nitrogens is 4. The molecule has 0 N–H and O–H groups in total. The van der Waals surface area contributed by atoms with Gasteiger partial charge < -0.3 is 4.57 Å². The van der Waals surface area contributed by atoms with Gasteiger partial charge in [0.05, 0.1) is 6.54 Å². The lowest BCUT2D eigenvalue weighted by molar-refractivity contribution is 0.674. The quantitative estimate of drug-likeness (QED) is 0.480. The van der Waals surface area contributed by atoms with E-state index in [0.717, 1.165) is 15.6 Å². The summed E-state index contributed by atoms with van der Waals surface area (Å²) in [6, 6.07) is 8.04. The second kappa shape index (κ2) is 6.32. The lowest BCUT2D eigenvalue weighted by atomic mass is 9.94. The van der Waals surface area contributed by atoms with E-state index in [2.05, 4.69) is 17.0 Å². The van der Waals surface area contributed by atoms with Gasteiger partial charge in [-0.15, -0.1) is 6.42 Å². The Morgan fingerprint density at radius 3 is 2.68 bits per heavy atom. The molecule has 3 aromatic rings. The van der Waals surface area contributed by atoms with E-state index in [4.69, 9.17) is 6.42 Å². The summed E-state index contributed by atoms with van der Waals surface area (Å²) in [7, 11) is 5.35. The van der Waals surface area contributed by atoms with Crippen LogP contribution in [0.15, 0.2) is 33.9 Å². The number of rotatable bonds is 3. The maximum Gasteiger partial charge on any atom is 0.333 e.